The van der Waals surface area contributed by atoms with E-state index >= 15 is 0 Å². The van der Waals surface area contributed by atoms with E-state index in [4.69, 9.17) is 9.15 Å². The summed E-state index contributed by atoms with van der Waals surface area (Å²) in [7, 11) is 0. The minimum Gasteiger partial charge on any atom is -0.493 e. The lowest BCUT2D eigenvalue weighted by molar-refractivity contribution is 0.158. The number of rotatable bonds is 7. The van der Waals surface area contributed by atoms with E-state index in [1.54, 1.807) is 18.4 Å². The van der Waals surface area contributed by atoms with Crippen LogP contribution in [0.15, 0.2) is 46.0 Å². The number of hydrogen-bond donors (Lipinski definition) is 3. The van der Waals surface area contributed by atoms with E-state index in [1.165, 1.54) is 11.1 Å². The van der Waals surface area contributed by atoms with Crippen LogP contribution in [-0.4, -0.2) is 37.3 Å². The second-order valence-corrected chi connectivity index (χ2v) is 5.97. The number of guanidine groups is 1. The van der Waals surface area contributed by atoms with Crippen LogP contribution in [0.1, 0.15) is 29.9 Å². The van der Waals surface area contributed by atoms with Gasteiger partial charge < -0.3 is 24.9 Å². The van der Waals surface area contributed by atoms with Crippen molar-refractivity contribution in [3.63, 3.8) is 0 Å². The van der Waals surface area contributed by atoms with Crippen molar-refractivity contribution in [2.75, 3.05) is 26.2 Å². The first-order valence-electron chi connectivity index (χ1n) is 8.74. The van der Waals surface area contributed by atoms with E-state index in [2.05, 4.69) is 33.8 Å². The number of aliphatic imine (C=N–C) groups is 1. The highest BCUT2D eigenvalue weighted by atomic mass is 16.5. The predicted molar refractivity (Wildman–Crippen MR) is 97.0 cm³/mol. The van der Waals surface area contributed by atoms with Gasteiger partial charge in [-0.3, -0.25) is 4.99 Å². The van der Waals surface area contributed by atoms with E-state index in [0.29, 0.717) is 11.7 Å². The molecule has 0 aliphatic carbocycles. The average Bonchev–Trinajstić information content (AvgIpc) is 3.30. The van der Waals surface area contributed by atoms with Gasteiger partial charge in [-0.2, -0.15) is 0 Å². The summed E-state index contributed by atoms with van der Waals surface area (Å²) in [4.78, 5) is 4.42. The van der Waals surface area contributed by atoms with Crippen LogP contribution in [0.25, 0.3) is 0 Å². The highest BCUT2D eigenvalue weighted by Gasteiger charge is 2.12. The number of aliphatic hydroxyl groups is 1. The molecule has 6 heteroatoms. The second kappa shape index (κ2) is 8.58. The molecule has 1 unspecified atom stereocenters. The van der Waals surface area contributed by atoms with Gasteiger partial charge in [-0.25, -0.2) is 0 Å². The molecule has 2 heterocycles. The van der Waals surface area contributed by atoms with Gasteiger partial charge in [-0.15, -0.1) is 0 Å². The van der Waals surface area contributed by atoms with Crippen LogP contribution in [0.2, 0.25) is 0 Å². The molecule has 0 saturated carbocycles. The van der Waals surface area contributed by atoms with Crippen molar-refractivity contribution in [1.29, 1.82) is 0 Å². The van der Waals surface area contributed by atoms with Gasteiger partial charge in [0.05, 0.1) is 19.4 Å². The van der Waals surface area contributed by atoms with Crippen molar-refractivity contribution < 1.29 is 14.3 Å². The Morgan fingerprint density at radius 1 is 1.32 bits per heavy atom. The molecule has 2 aromatic rings. The van der Waals surface area contributed by atoms with Gasteiger partial charge in [0.2, 0.25) is 0 Å². The molecule has 1 aliphatic rings. The quantitative estimate of drug-likeness (QED) is 0.530. The zero-order chi connectivity index (χ0) is 17.5. The summed E-state index contributed by atoms with van der Waals surface area (Å²) in [5, 5.41) is 16.5. The van der Waals surface area contributed by atoms with Crippen molar-refractivity contribution in [2.24, 2.45) is 4.99 Å². The normalized spacial score (nSPS) is 14.7. The summed E-state index contributed by atoms with van der Waals surface area (Å²) in [5.41, 5.74) is 2.57. The molecule has 0 saturated heterocycles. The van der Waals surface area contributed by atoms with E-state index in [9.17, 15) is 5.11 Å². The molecule has 134 valence electrons. The molecule has 3 N–H and O–H groups in total. The summed E-state index contributed by atoms with van der Waals surface area (Å²) in [5.74, 6) is 2.23. The first kappa shape index (κ1) is 17.4. The molecule has 0 spiro atoms. The number of nitrogens with zero attached hydrogens (tertiary/aromatic N) is 1. The zero-order valence-electron chi connectivity index (χ0n) is 14.5. The van der Waals surface area contributed by atoms with Crippen LogP contribution in [0, 0.1) is 0 Å². The predicted octanol–water partition coefficient (Wildman–Crippen LogP) is 2.05. The van der Waals surface area contributed by atoms with E-state index in [-0.39, 0.29) is 6.54 Å². The number of aliphatic hydroxyl groups excluding tert-OH is 1. The van der Waals surface area contributed by atoms with E-state index in [1.807, 2.05) is 6.92 Å². The van der Waals surface area contributed by atoms with Crippen molar-refractivity contribution in [3.05, 3.63) is 53.5 Å². The summed E-state index contributed by atoms with van der Waals surface area (Å²) >= 11 is 0. The standard InChI is InChI=1S/C19H25N3O3/c1-2-20-19(22-13-16(23)18-4-3-10-24-18)21-9-7-14-5-6-17-15(12-14)8-11-25-17/h3-6,10,12,16,23H,2,7-9,11,13H2,1H3,(H2,20,21,22). The Kier molecular flexibility index (Phi) is 5.95. The Morgan fingerprint density at radius 2 is 2.24 bits per heavy atom. The van der Waals surface area contributed by atoms with Crippen LogP contribution in [0.3, 0.4) is 0 Å². The van der Waals surface area contributed by atoms with Gasteiger partial charge in [0.1, 0.15) is 17.6 Å². The minimum absolute atomic E-state index is 0.249. The molecule has 1 atom stereocenters. The Hall–Kier alpha value is -2.47. The van der Waals surface area contributed by atoms with Crippen LogP contribution in [0.4, 0.5) is 0 Å². The topological polar surface area (TPSA) is 79.0 Å². The summed E-state index contributed by atoms with van der Waals surface area (Å²) in [6.07, 6.45) is 2.71. The zero-order valence-corrected chi connectivity index (χ0v) is 14.5. The van der Waals surface area contributed by atoms with Gasteiger partial charge in [0.15, 0.2) is 5.96 Å². The number of fused-ring (bicyclic) bond motifs is 1. The third-order valence-corrected chi connectivity index (χ3v) is 4.10. The molecule has 6 nitrogen and oxygen atoms in total. The number of hydrogen-bond acceptors (Lipinski definition) is 4. The van der Waals surface area contributed by atoms with Crippen LogP contribution >= 0.6 is 0 Å². The van der Waals surface area contributed by atoms with Crippen LogP contribution in [0.5, 0.6) is 5.75 Å². The van der Waals surface area contributed by atoms with Gasteiger partial charge >= 0.3 is 0 Å². The molecule has 1 aliphatic heterocycles. The Balaban J connectivity index is 1.50. The fourth-order valence-corrected chi connectivity index (χ4v) is 2.81. The average molecular weight is 343 g/mol. The summed E-state index contributed by atoms with van der Waals surface area (Å²) < 4.78 is 10.7. The fourth-order valence-electron chi connectivity index (χ4n) is 2.81. The third-order valence-electron chi connectivity index (χ3n) is 4.10. The maximum Gasteiger partial charge on any atom is 0.191 e. The Bertz CT molecular complexity index is 698. The molecule has 1 aromatic carbocycles. The van der Waals surface area contributed by atoms with Crippen molar-refractivity contribution >= 4 is 5.96 Å². The lowest BCUT2D eigenvalue weighted by atomic mass is 10.1. The number of ether oxygens (including phenoxy) is 1. The lowest BCUT2D eigenvalue weighted by Gasteiger charge is -2.12. The van der Waals surface area contributed by atoms with Gasteiger partial charge in [0, 0.05) is 19.5 Å². The minimum atomic E-state index is -0.734. The van der Waals surface area contributed by atoms with Crippen LogP contribution in [-0.2, 0) is 12.8 Å². The monoisotopic (exact) mass is 343 g/mol. The van der Waals surface area contributed by atoms with Gasteiger partial charge in [0.25, 0.3) is 0 Å². The smallest absolute Gasteiger partial charge is 0.191 e. The molecule has 1 aromatic heterocycles. The highest BCUT2D eigenvalue weighted by Crippen LogP contribution is 2.25. The van der Waals surface area contributed by atoms with E-state index in [0.717, 1.165) is 38.3 Å². The molecular weight excluding hydrogens is 318 g/mol. The number of nitrogens with one attached hydrogen (secondary N) is 2. The molecule has 3 rings (SSSR count). The molecule has 0 fully saturated rings. The largest absolute Gasteiger partial charge is 0.493 e. The number of benzene rings is 1. The van der Waals surface area contributed by atoms with Crippen molar-refractivity contribution in [2.45, 2.75) is 25.9 Å². The molecule has 0 bridgehead atoms. The Labute approximate surface area is 147 Å². The van der Waals surface area contributed by atoms with Crippen molar-refractivity contribution in [3.8, 4) is 5.75 Å². The van der Waals surface area contributed by atoms with Gasteiger partial charge in [-0.1, -0.05) is 12.1 Å². The molecular formula is C19H25N3O3. The fraction of sp³-hybridized carbons (Fsp3) is 0.421. The maximum atomic E-state index is 10.1. The summed E-state index contributed by atoms with van der Waals surface area (Å²) in [6, 6.07) is 9.88. The molecule has 25 heavy (non-hydrogen) atoms. The van der Waals surface area contributed by atoms with Crippen molar-refractivity contribution in [1.82, 2.24) is 10.6 Å². The lowest BCUT2D eigenvalue weighted by Crippen LogP contribution is -2.38. The first-order valence-corrected chi connectivity index (χ1v) is 8.74. The maximum absolute atomic E-state index is 10.1. The van der Waals surface area contributed by atoms with Crippen LogP contribution < -0.4 is 15.4 Å². The number of furan rings is 1. The van der Waals surface area contributed by atoms with E-state index < -0.39 is 6.10 Å². The third kappa shape index (κ3) is 4.76. The summed E-state index contributed by atoms with van der Waals surface area (Å²) in [6.45, 7) is 4.58. The SMILES string of the molecule is CCNC(=NCC(O)c1ccco1)NCCc1ccc2c(c1)CCO2. The first-order chi connectivity index (χ1) is 12.3. The molecule has 0 amide bonds. The second-order valence-electron chi connectivity index (χ2n) is 5.97. The van der Waals surface area contributed by atoms with Gasteiger partial charge in [-0.05, 0) is 42.7 Å². The molecule has 0 radical (unpaired) electrons. The highest BCUT2D eigenvalue weighted by molar-refractivity contribution is 5.79. The Morgan fingerprint density at radius 3 is 3.04 bits per heavy atom.